The average molecular weight is 245 g/mol. The summed E-state index contributed by atoms with van der Waals surface area (Å²) in [6, 6.07) is 5.62. The second-order valence-corrected chi connectivity index (χ2v) is 3.95. The Kier molecular flexibility index (Phi) is 3.41. The number of aromatic nitrogens is 3. The summed E-state index contributed by atoms with van der Waals surface area (Å²) >= 11 is 0. The van der Waals surface area contributed by atoms with Gasteiger partial charge in [-0.1, -0.05) is 6.07 Å². The molecule has 0 radical (unpaired) electrons. The Hall–Kier alpha value is -2.17. The van der Waals surface area contributed by atoms with E-state index in [1.807, 2.05) is 25.1 Å². The molecule has 0 aliphatic carbocycles. The van der Waals surface area contributed by atoms with Crippen molar-refractivity contribution in [3.63, 3.8) is 0 Å². The molecule has 18 heavy (non-hydrogen) atoms. The van der Waals surface area contributed by atoms with Crippen molar-refractivity contribution in [2.75, 3.05) is 6.61 Å². The monoisotopic (exact) mass is 245 g/mol. The van der Waals surface area contributed by atoms with Crippen LogP contribution in [0, 0.1) is 6.92 Å². The molecule has 0 atom stereocenters. The molecule has 2 heterocycles. The SMILES string of the molecule is CCOC(=O)c1cn(C)nc1-c1cccc(C)n1. The van der Waals surface area contributed by atoms with Crippen molar-refractivity contribution in [1.29, 1.82) is 0 Å². The Morgan fingerprint density at radius 3 is 2.89 bits per heavy atom. The molecule has 0 unspecified atom stereocenters. The molecular weight excluding hydrogens is 230 g/mol. The molecule has 2 rings (SSSR count). The highest BCUT2D eigenvalue weighted by molar-refractivity contribution is 5.95. The van der Waals surface area contributed by atoms with Crippen LogP contribution in [0.5, 0.6) is 0 Å². The van der Waals surface area contributed by atoms with Gasteiger partial charge in [-0.2, -0.15) is 5.10 Å². The van der Waals surface area contributed by atoms with Gasteiger partial charge in [0.1, 0.15) is 11.3 Å². The fourth-order valence-electron chi connectivity index (χ4n) is 1.71. The van der Waals surface area contributed by atoms with Gasteiger partial charge in [0.05, 0.1) is 12.3 Å². The van der Waals surface area contributed by atoms with Gasteiger partial charge in [-0.05, 0) is 26.0 Å². The summed E-state index contributed by atoms with van der Waals surface area (Å²) in [6.07, 6.45) is 1.65. The van der Waals surface area contributed by atoms with E-state index in [1.54, 1.807) is 24.9 Å². The Labute approximate surface area is 105 Å². The first kappa shape index (κ1) is 12.3. The van der Waals surface area contributed by atoms with Crippen LogP contribution in [0.2, 0.25) is 0 Å². The van der Waals surface area contributed by atoms with Crippen molar-refractivity contribution in [3.05, 3.63) is 35.7 Å². The highest BCUT2D eigenvalue weighted by Crippen LogP contribution is 2.20. The van der Waals surface area contributed by atoms with Crippen molar-refractivity contribution in [2.45, 2.75) is 13.8 Å². The maximum absolute atomic E-state index is 11.8. The van der Waals surface area contributed by atoms with Gasteiger partial charge < -0.3 is 4.74 Å². The fraction of sp³-hybridized carbons (Fsp3) is 0.308. The van der Waals surface area contributed by atoms with E-state index in [4.69, 9.17) is 4.74 Å². The van der Waals surface area contributed by atoms with Crippen LogP contribution in [-0.4, -0.2) is 27.3 Å². The number of rotatable bonds is 3. The minimum atomic E-state index is -0.371. The summed E-state index contributed by atoms with van der Waals surface area (Å²) in [5.41, 5.74) is 2.56. The number of aryl methyl sites for hydroxylation is 2. The Morgan fingerprint density at radius 1 is 1.44 bits per heavy atom. The number of pyridine rings is 1. The summed E-state index contributed by atoms with van der Waals surface area (Å²) in [6.45, 7) is 4.02. The van der Waals surface area contributed by atoms with Gasteiger partial charge in [-0.3, -0.25) is 9.67 Å². The second-order valence-electron chi connectivity index (χ2n) is 3.95. The van der Waals surface area contributed by atoms with Crippen molar-refractivity contribution >= 4 is 5.97 Å². The van der Waals surface area contributed by atoms with Crippen LogP contribution in [0.4, 0.5) is 0 Å². The first-order valence-corrected chi connectivity index (χ1v) is 5.76. The molecule has 5 nitrogen and oxygen atoms in total. The smallest absolute Gasteiger partial charge is 0.342 e. The largest absolute Gasteiger partial charge is 0.462 e. The molecule has 0 aliphatic heterocycles. The molecule has 2 aromatic heterocycles. The van der Waals surface area contributed by atoms with E-state index in [0.29, 0.717) is 23.6 Å². The van der Waals surface area contributed by atoms with E-state index < -0.39 is 0 Å². The lowest BCUT2D eigenvalue weighted by Gasteiger charge is -2.02. The number of hydrogen-bond donors (Lipinski definition) is 0. The third kappa shape index (κ3) is 2.40. The average Bonchev–Trinajstić information content (AvgIpc) is 2.72. The van der Waals surface area contributed by atoms with Crippen molar-refractivity contribution in [1.82, 2.24) is 14.8 Å². The van der Waals surface area contributed by atoms with Crippen molar-refractivity contribution < 1.29 is 9.53 Å². The normalized spacial score (nSPS) is 10.4. The quantitative estimate of drug-likeness (QED) is 0.776. The first-order valence-electron chi connectivity index (χ1n) is 5.76. The number of carbonyl (C=O) groups excluding carboxylic acids is 1. The number of hydrogen-bond acceptors (Lipinski definition) is 4. The summed E-state index contributed by atoms with van der Waals surface area (Å²) in [7, 11) is 1.77. The predicted octanol–water partition coefficient (Wildman–Crippen LogP) is 1.97. The van der Waals surface area contributed by atoms with Gasteiger partial charge >= 0.3 is 5.97 Å². The lowest BCUT2D eigenvalue weighted by atomic mass is 10.2. The third-order valence-electron chi connectivity index (χ3n) is 2.46. The maximum Gasteiger partial charge on any atom is 0.342 e. The van der Waals surface area contributed by atoms with E-state index in [0.717, 1.165) is 5.69 Å². The topological polar surface area (TPSA) is 57.0 Å². The van der Waals surface area contributed by atoms with Crippen LogP contribution in [0.1, 0.15) is 23.0 Å². The lowest BCUT2D eigenvalue weighted by molar-refractivity contribution is 0.0527. The molecule has 0 bridgehead atoms. The molecule has 94 valence electrons. The summed E-state index contributed by atoms with van der Waals surface area (Å²) < 4.78 is 6.60. The van der Waals surface area contributed by atoms with Gasteiger partial charge in [0.25, 0.3) is 0 Å². The molecule has 0 N–H and O–H groups in total. The van der Waals surface area contributed by atoms with E-state index in [1.165, 1.54) is 0 Å². The summed E-state index contributed by atoms with van der Waals surface area (Å²) in [5.74, 6) is -0.371. The lowest BCUT2D eigenvalue weighted by Crippen LogP contribution is -2.05. The predicted molar refractivity (Wildman–Crippen MR) is 67.1 cm³/mol. The van der Waals surface area contributed by atoms with Crippen LogP contribution in [0.3, 0.4) is 0 Å². The Morgan fingerprint density at radius 2 is 2.22 bits per heavy atom. The molecule has 0 aromatic carbocycles. The molecule has 0 saturated carbocycles. The first-order chi connectivity index (χ1) is 8.61. The number of nitrogens with zero attached hydrogens (tertiary/aromatic N) is 3. The molecule has 0 aliphatic rings. The molecule has 0 saturated heterocycles. The Bertz CT molecular complexity index is 575. The third-order valence-corrected chi connectivity index (χ3v) is 2.46. The fourth-order valence-corrected chi connectivity index (χ4v) is 1.71. The van der Waals surface area contributed by atoms with E-state index in [-0.39, 0.29) is 5.97 Å². The van der Waals surface area contributed by atoms with E-state index in [2.05, 4.69) is 10.1 Å². The van der Waals surface area contributed by atoms with E-state index >= 15 is 0 Å². The zero-order chi connectivity index (χ0) is 13.1. The van der Waals surface area contributed by atoms with Gasteiger partial charge in [-0.25, -0.2) is 4.79 Å². The van der Waals surface area contributed by atoms with Gasteiger partial charge in [0, 0.05) is 18.9 Å². The molecule has 0 amide bonds. The van der Waals surface area contributed by atoms with Gasteiger partial charge in [-0.15, -0.1) is 0 Å². The van der Waals surface area contributed by atoms with Crippen LogP contribution in [-0.2, 0) is 11.8 Å². The standard InChI is InChI=1S/C13H15N3O2/c1-4-18-13(17)10-8-16(3)15-12(10)11-7-5-6-9(2)14-11/h5-8H,4H2,1-3H3. The highest BCUT2D eigenvalue weighted by atomic mass is 16.5. The Balaban J connectivity index is 2.47. The minimum absolute atomic E-state index is 0.342. The van der Waals surface area contributed by atoms with Gasteiger partial charge in [0.15, 0.2) is 0 Å². The number of carbonyl (C=O) groups is 1. The van der Waals surface area contributed by atoms with Crippen LogP contribution in [0.15, 0.2) is 24.4 Å². The highest BCUT2D eigenvalue weighted by Gasteiger charge is 2.18. The van der Waals surface area contributed by atoms with Crippen molar-refractivity contribution in [3.8, 4) is 11.4 Å². The number of esters is 1. The number of ether oxygens (including phenoxy) is 1. The maximum atomic E-state index is 11.8. The molecular formula is C13H15N3O2. The minimum Gasteiger partial charge on any atom is -0.462 e. The zero-order valence-electron chi connectivity index (χ0n) is 10.7. The van der Waals surface area contributed by atoms with Crippen LogP contribution < -0.4 is 0 Å². The summed E-state index contributed by atoms with van der Waals surface area (Å²) in [4.78, 5) is 16.2. The molecule has 2 aromatic rings. The van der Waals surface area contributed by atoms with Crippen molar-refractivity contribution in [2.24, 2.45) is 7.05 Å². The molecule has 0 spiro atoms. The van der Waals surface area contributed by atoms with Gasteiger partial charge in [0.2, 0.25) is 0 Å². The molecule has 0 fully saturated rings. The van der Waals surface area contributed by atoms with Crippen LogP contribution in [0.25, 0.3) is 11.4 Å². The zero-order valence-corrected chi connectivity index (χ0v) is 10.7. The summed E-state index contributed by atoms with van der Waals surface area (Å²) in [5, 5.41) is 4.28. The molecule has 5 heteroatoms. The van der Waals surface area contributed by atoms with E-state index in [9.17, 15) is 4.79 Å². The van der Waals surface area contributed by atoms with Crippen LogP contribution >= 0.6 is 0 Å². The second kappa shape index (κ2) is 5.00.